The quantitative estimate of drug-likeness (QED) is 0.228. The van der Waals surface area contributed by atoms with Crippen LogP contribution in [0.3, 0.4) is 0 Å². The SMILES string of the molecule is Cc1c(Cl)cccc1NC(=O)[C@@H](Sc1ccc(N2C(=O)[C@H]3CC=CC[C@H]3C2=O)cc1)c1ccccc1. The van der Waals surface area contributed by atoms with Crippen molar-refractivity contribution in [2.75, 3.05) is 10.2 Å². The number of halogens is 1. The lowest BCUT2D eigenvalue weighted by atomic mass is 9.85. The number of thioether (sulfide) groups is 1. The summed E-state index contributed by atoms with van der Waals surface area (Å²) in [5, 5.41) is 3.10. The molecule has 3 amide bonds. The monoisotopic (exact) mass is 516 g/mol. The number of imide groups is 1. The molecular weight excluding hydrogens is 492 g/mol. The molecular formula is C29H25ClN2O3S. The van der Waals surface area contributed by atoms with Crippen LogP contribution in [0.15, 0.2) is 89.8 Å². The predicted molar refractivity (Wildman–Crippen MR) is 144 cm³/mol. The summed E-state index contributed by atoms with van der Waals surface area (Å²) in [5.41, 5.74) is 2.92. The molecule has 3 aromatic rings. The number of nitrogens with one attached hydrogen (secondary N) is 1. The van der Waals surface area contributed by atoms with Crippen LogP contribution in [-0.4, -0.2) is 17.7 Å². The van der Waals surface area contributed by atoms with Crippen LogP contribution in [0.4, 0.5) is 11.4 Å². The van der Waals surface area contributed by atoms with E-state index in [1.54, 1.807) is 18.2 Å². The fourth-order valence-corrected chi connectivity index (χ4v) is 5.91. The van der Waals surface area contributed by atoms with E-state index in [1.165, 1.54) is 16.7 Å². The Balaban J connectivity index is 1.37. The molecule has 1 saturated heterocycles. The molecule has 7 heteroatoms. The van der Waals surface area contributed by atoms with Crippen molar-refractivity contribution in [2.24, 2.45) is 11.8 Å². The van der Waals surface area contributed by atoms with Gasteiger partial charge in [0.15, 0.2) is 0 Å². The minimum absolute atomic E-state index is 0.131. The minimum Gasteiger partial charge on any atom is -0.325 e. The standard InChI is InChI=1S/C29H25ClN2O3S/c1-18-24(30)12-7-13-25(18)31-27(33)26(19-8-3-2-4-9-19)36-21-16-14-20(15-17-21)32-28(34)22-10-5-6-11-23(22)29(32)35/h2-9,12-17,22-23,26H,10-11H2,1H3,(H,31,33)/t22-,23+,26-/m0/s1. The summed E-state index contributed by atoms with van der Waals surface area (Å²) in [5.74, 6) is -0.959. The lowest BCUT2D eigenvalue weighted by Gasteiger charge is -2.19. The molecule has 0 aromatic heterocycles. The molecule has 3 aromatic carbocycles. The zero-order valence-electron chi connectivity index (χ0n) is 19.7. The fraction of sp³-hybridized carbons (Fsp3) is 0.207. The van der Waals surface area contributed by atoms with Crippen molar-refractivity contribution in [1.29, 1.82) is 0 Å². The van der Waals surface area contributed by atoms with E-state index in [1.807, 2.05) is 73.7 Å². The summed E-state index contributed by atoms with van der Waals surface area (Å²) in [4.78, 5) is 41.4. The average Bonchev–Trinajstić information content (AvgIpc) is 3.16. The van der Waals surface area contributed by atoms with Gasteiger partial charge in [-0.15, -0.1) is 11.8 Å². The third-order valence-electron chi connectivity index (χ3n) is 6.72. The van der Waals surface area contributed by atoms with Crippen molar-refractivity contribution in [2.45, 2.75) is 29.9 Å². The summed E-state index contributed by atoms with van der Waals surface area (Å²) < 4.78 is 0. The molecule has 0 unspecified atom stereocenters. The van der Waals surface area contributed by atoms with E-state index in [-0.39, 0.29) is 29.6 Å². The first kappa shape index (κ1) is 24.3. The summed E-state index contributed by atoms with van der Waals surface area (Å²) in [6, 6.07) is 22.3. The molecule has 0 radical (unpaired) electrons. The largest absolute Gasteiger partial charge is 0.325 e. The number of hydrogen-bond donors (Lipinski definition) is 1. The van der Waals surface area contributed by atoms with Gasteiger partial charge in [0.1, 0.15) is 5.25 Å². The number of nitrogens with zero attached hydrogens (tertiary/aromatic N) is 1. The Bertz CT molecular complexity index is 1310. The Morgan fingerprint density at radius 2 is 1.56 bits per heavy atom. The van der Waals surface area contributed by atoms with Gasteiger partial charge in [-0.05, 0) is 67.3 Å². The number of amides is 3. The Kier molecular flexibility index (Phi) is 6.99. The maximum Gasteiger partial charge on any atom is 0.242 e. The van der Waals surface area contributed by atoms with E-state index in [2.05, 4.69) is 5.32 Å². The number of hydrogen-bond acceptors (Lipinski definition) is 4. The second-order valence-electron chi connectivity index (χ2n) is 8.97. The number of rotatable bonds is 6. The topological polar surface area (TPSA) is 66.5 Å². The van der Waals surface area contributed by atoms with Crippen LogP contribution in [-0.2, 0) is 14.4 Å². The molecule has 0 spiro atoms. The third kappa shape index (κ3) is 4.71. The van der Waals surface area contributed by atoms with Crippen LogP contribution in [0.1, 0.15) is 29.2 Å². The highest BCUT2D eigenvalue weighted by molar-refractivity contribution is 8.00. The molecule has 1 N–H and O–H groups in total. The van der Waals surface area contributed by atoms with E-state index in [0.717, 1.165) is 16.0 Å². The van der Waals surface area contributed by atoms with Gasteiger partial charge in [-0.1, -0.05) is 60.2 Å². The Labute approximate surface area is 219 Å². The van der Waals surface area contributed by atoms with Gasteiger partial charge >= 0.3 is 0 Å². The first-order valence-electron chi connectivity index (χ1n) is 11.8. The predicted octanol–water partition coefficient (Wildman–Crippen LogP) is 6.58. The van der Waals surface area contributed by atoms with Crippen molar-refractivity contribution in [3.05, 3.63) is 101 Å². The number of anilines is 2. The van der Waals surface area contributed by atoms with Gasteiger partial charge in [-0.25, -0.2) is 0 Å². The zero-order valence-corrected chi connectivity index (χ0v) is 21.3. The van der Waals surface area contributed by atoms with Crippen LogP contribution in [0.2, 0.25) is 5.02 Å². The molecule has 5 nitrogen and oxygen atoms in total. The van der Waals surface area contributed by atoms with Crippen molar-refractivity contribution in [3.8, 4) is 0 Å². The Morgan fingerprint density at radius 3 is 2.19 bits per heavy atom. The van der Waals surface area contributed by atoms with Gasteiger partial charge in [0.25, 0.3) is 0 Å². The number of carbonyl (C=O) groups is 3. The maximum atomic E-state index is 13.4. The number of benzene rings is 3. The highest BCUT2D eigenvalue weighted by Gasteiger charge is 2.47. The Morgan fingerprint density at radius 1 is 0.917 bits per heavy atom. The van der Waals surface area contributed by atoms with Crippen LogP contribution in [0.25, 0.3) is 0 Å². The highest BCUT2D eigenvalue weighted by Crippen LogP contribution is 2.40. The minimum atomic E-state index is -0.514. The Hall–Kier alpha value is -3.35. The molecule has 36 heavy (non-hydrogen) atoms. The average molecular weight is 517 g/mol. The summed E-state index contributed by atoms with van der Waals surface area (Å²) in [6.45, 7) is 1.87. The number of fused-ring (bicyclic) bond motifs is 1. The fourth-order valence-electron chi connectivity index (χ4n) is 4.71. The van der Waals surface area contributed by atoms with Gasteiger partial charge in [0, 0.05) is 15.6 Å². The van der Waals surface area contributed by atoms with Crippen LogP contribution in [0.5, 0.6) is 0 Å². The molecule has 182 valence electrons. The molecule has 3 atom stereocenters. The molecule has 0 saturated carbocycles. The second kappa shape index (κ2) is 10.3. The lowest BCUT2D eigenvalue weighted by molar-refractivity contribution is -0.122. The van der Waals surface area contributed by atoms with Gasteiger partial charge in [0.2, 0.25) is 17.7 Å². The van der Waals surface area contributed by atoms with Crippen LogP contribution >= 0.6 is 23.4 Å². The van der Waals surface area contributed by atoms with Crippen molar-refractivity contribution >= 4 is 52.5 Å². The normalized spacial score (nSPS) is 19.8. The first-order chi connectivity index (χ1) is 17.4. The maximum absolute atomic E-state index is 13.4. The van der Waals surface area contributed by atoms with Crippen LogP contribution < -0.4 is 10.2 Å². The van der Waals surface area contributed by atoms with Crippen molar-refractivity contribution in [3.63, 3.8) is 0 Å². The molecule has 2 aliphatic rings. The van der Waals surface area contributed by atoms with Gasteiger partial charge in [-0.2, -0.15) is 0 Å². The van der Waals surface area contributed by atoms with Gasteiger partial charge < -0.3 is 5.32 Å². The van der Waals surface area contributed by atoms with Gasteiger partial charge in [0.05, 0.1) is 17.5 Å². The van der Waals surface area contributed by atoms with E-state index < -0.39 is 5.25 Å². The van der Waals surface area contributed by atoms with Crippen molar-refractivity contribution < 1.29 is 14.4 Å². The van der Waals surface area contributed by atoms with E-state index in [9.17, 15) is 14.4 Å². The van der Waals surface area contributed by atoms with E-state index in [4.69, 9.17) is 11.6 Å². The van der Waals surface area contributed by atoms with Crippen LogP contribution in [0, 0.1) is 18.8 Å². The molecule has 5 rings (SSSR count). The highest BCUT2D eigenvalue weighted by atomic mass is 35.5. The summed E-state index contributed by atoms with van der Waals surface area (Å²) in [6.07, 6.45) is 5.18. The lowest BCUT2D eigenvalue weighted by Crippen LogP contribution is -2.30. The van der Waals surface area contributed by atoms with Crippen molar-refractivity contribution in [1.82, 2.24) is 0 Å². The molecule has 1 heterocycles. The zero-order chi connectivity index (χ0) is 25.2. The molecule has 1 aliphatic carbocycles. The van der Waals surface area contributed by atoms with E-state index in [0.29, 0.717) is 29.2 Å². The summed E-state index contributed by atoms with van der Waals surface area (Å²) in [7, 11) is 0. The smallest absolute Gasteiger partial charge is 0.242 e. The third-order valence-corrected chi connectivity index (χ3v) is 8.40. The van der Waals surface area contributed by atoms with Gasteiger partial charge in [-0.3, -0.25) is 19.3 Å². The first-order valence-corrected chi connectivity index (χ1v) is 13.1. The molecule has 1 aliphatic heterocycles. The number of carbonyl (C=O) groups excluding carboxylic acids is 3. The molecule has 0 bridgehead atoms. The van der Waals surface area contributed by atoms with E-state index >= 15 is 0 Å². The second-order valence-corrected chi connectivity index (χ2v) is 10.6. The summed E-state index contributed by atoms with van der Waals surface area (Å²) >= 11 is 7.65. The number of allylic oxidation sites excluding steroid dienone is 2. The molecule has 1 fully saturated rings.